The molecule has 0 aromatic carbocycles. The van der Waals surface area contributed by atoms with Gasteiger partial charge in [-0.15, -0.1) is 0 Å². The molecule has 92 valence electrons. The first kappa shape index (κ1) is 15.7. The van der Waals surface area contributed by atoms with Crippen LogP contribution in [0.1, 0.15) is 33.6 Å². The van der Waals surface area contributed by atoms with Gasteiger partial charge in [0.05, 0.1) is 0 Å². The third kappa shape index (κ3) is 12.7. The zero-order valence-electron chi connectivity index (χ0n) is 9.90. The zero-order chi connectivity index (χ0) is 11.9. The van der Waals surface area contributed by atoms with Crippen molar-refractivity contribution in [3.8, 4) is 0 Å². The van der Waals surface area contributed by atoms with Crippen molar-refractivity contribution in [3.63, 3.8) is 0 Å². The summed E-state index contributed by atoms with van der Waals surface area (Å²) in [4.78, 5) is 13.6. The number of alkyl halides is 2. The Balaban J connectivity index is 3.40. The second kappa shape index (κ2) is 7.92. The molecule has 0 spiro atoms. The van der Waals surface area contributed by atoms with Crippen molar-refractivity contribution >= 4 is 40.6 Å². The molecule has 1 amide bonds. The van der Waals surface area contributed by atoms with E-state index in [2.05, 4.69) is 28.9 Å². The molecule has 0 rings (SSSR count). The van der Waals surface area contributed by atoms with Gasteiger partial charge in [0.1, 0.15) is 0 Å². The molecule has 0 atom stereocenters. The Morgan fingerprint density at radius 3 is 2.47 bits per heavy atom. The molecule has 1 N–H and O–H groups in total. The second-order valence-corrected chi connectivity index (χ2v) is 17.7. The summed E-state index contributed by atoms with van der Waals surface area (Å²) in [6, 6.07) is 0. The number of carbonyl (C=O) groups is 1. The Kier molecular flexibility index (Phi) is 8.30. The summed E-state index contributed by atoms with van der Waals surface area (Å²) in [5.74, 6) is 0. The molecule has 0 heterocycles. The van der Waals surface area contributed by atoms with Crippen LogP contribution in [0.25, 0.3) is 0 Å². The van der Waals surface area contributed by atoms with E-state index in [4.69, 9.17) is 4.74 Å². The molecule has 0 bridgehead atoms. The van der Waals surface area contributed by atoms with E-state index in [-0.39, 0.29) is 6.09 Å². The monoisotopic (exact) mass is 441 g/mol. The predicted octanol–water partition coefficient (Wildman–Crippen LogP) is 3.78. The molecule has 0 aliphatic rings. The van der Waals surface area contributed by atoms with Crippen LogP contribution < -0.4 is 5.32 Å². The summed E-state index contributed by atoms with van der Waals surface area (Å²) in [5.41, 5.74) is -0.394. The van der Waals surface area contributed by atoms with Crippen LogP contribution in [0.15, 0.2) is 0 Å². The van der Waals surface area contributed by atoms with Gasteiger partial charge in [0.15, 0.2) is 0 Å². The van der Waals surface area contributed by atoms with Crippen LogP contribution in [0.2, 0.25) is 0 Å². The van der Waals surface area contributed by atoms with E-state index in [9.17, 15) is 4.79 Å². The zero-order valence-corrected chi connectivity index (χ0v) is 14.2. The van der Waals surface area contributed by atoms with Crippen molar-refractivity contribution in [2.24, 2.45) is 0 Å². The van der Waals surface area contributed by atoms with Crippen LogP contribution in [0.4, 0.5) is 4.79 Å². The summed E-state index contributed by atoms with van der Waals surface area (Å²) < 4.78 is 6.49. The van der Waals surface area contributed by atoms with E-state index >= 15 is 0 Å². The van der Waals surface area contributed by atoms with Crippen molar-refractivity contribution < 1.29 is 9.53 Å². The van der Waals surface area contributed by atoms with E-state index in [1.54, 1.807) is 0 Å². The number of hydrogen-bond acceptors (Lipinski definition) is 2. The van der Waals surface area contributed by atoms with E-state index in [1.165, 1.54) is 10.8 Å². The van der Waals surface area contributed by atoms with Crippen molar-refractivity contribution in [1.29, 1.82) is 0 Å². The minimum absolute atomic E-state index is 0.302. The molecule has 0 aromatic rings. The first-order valence-corrected chi connectivity index (χ1v) is 15.0. The molecule has 0 aromatic heterocycles. The van der Waals surface area contributed by atoms with Crippen molar-refractivity contribution in [3.05, 3.63) is 0 Å². The number of halogens is 2. The van der Waals surface area contributed by atoms with Crippen molar-refractivity contribution in [1.82, 2.24) is 5.32 Å². The third-order valence-corrected chi connectivity index (χ3v) is 6.47. The Morgan fingerprint density at radius 1 is 1.40 bits per heavy atom. The molecule has 0 aliphatic carbocycles. The predicted molar refractivity (Wildman–Crippen MR) is 82.3 cm³/mol. The Hall–Kier alpha value is 0.730. The number of unbranched alkanes of at least 4 members (excludes halogenated alkanes) is 1. The van der Waals surface area contributed by atoms with Crippen LogP contribution in [-0.2, 0) is 4.74 Å². The van der Waals surface area contributed by atoms with E-state index < -0.39 is 21.4 Å². The molecule has 15 heavy (non-hydrogen) atoms. The van der Waals surface area contributed by atoms with Gasteiger partial charge in [0, 0.05) is 0 Å². The Labute approximate surface area is 110 Å². The Morgan fingerprint density at radius 2 is 2.00 bits per heavy atom. The van der Waals surface area contributed by atoms with Gasteiger partial charge in [-0.2, -0.15) is 0 Å². The fourth-order valence-electron chi connectivity index (χ4n) is 0.908. The molecule has 0 fully saturated rings. The standard InChI is InChI=1S/C10H21I2NO2/c1-10(2,3)15-9(14)13-8-6-5-7-12(4)11/h5-8H2,1-4H3,(H,13,14). The first-order chi connectivity index (χ1) is 6.81. The van der Waals surface area contributed by atoms with Crippen molar-refractivity contribution in [2.45, 2.75) is 39.2 Å². The van der Waals surface area contributed by atoms with E-state index in [0.717, 1.165) is 13.0 Å². The fourth-order valence-corrected chi connectivity index (χ4v) is 4.43. The molecule has 0 radical (unpaired) electrons. The van der Waals surface area contributed by atoms with Crippen LogP contribution in [-0.4, -0.2) is 27.6 Å². The topological polar surface area (TPSA) is 38.3 Å². The van der Waals surface area contributed by atoms with Crippen LogP contribution in [0.3, 0.4) is 0 Å². The molecule has 0 aliphatic heterocycles. The quantitative estimate of drug-likeness (QED) is 0.401. The number of alkyl carbamates (subject to hydrolysis) is 1. The van der Waals surface area contributed by atoms with Crippen LogP contribution in [0, 0.1) is 0 Å². The van der Waals surface area contributed by atoms with Gasteiger partial charge in [-0.25, -0.2) is 0 Å². The van der Waals surface area contributed by atoms with Gasteiger partial charge in [-0.3, -0.25) is 0 Å². The summed E-state index contributed by atoms with van der Waals surface area (Å²) in [5, 5.41) is 2.77. The maximum absolute atomic E-state index is 11.2. The third-order valence-electron chi connectivity index (χ3n) is 1.49. The summed E-state index contributed by atoms with van der Waals surface area (Å²) in [6.45, 7) is 6.35. The normalized spacial score (nSPS) is 12.2. The molecule has 0 unspecified atom stereocenters. The van der Waals surface area contributed by atoms with E-state index in [0.29, 0.717) is 0 Å². The van der Waals surface area contributed by atoms with Gasteiger partial charge in [-0.1, -0.05) is 0 Å². The number of nitrogens with one attached hydrogen (secondary N) is 1. The summed E-state index contributed by atoms with van der Waals surface area (Å²) in [6.07, 6.45) is 1.98. The molecule has 5 heteroatoms. The van der Waals surface area contributed by atoms with Gasteiger partial charge in [0.25, 0.3) is 0 Å². The molecular formula is C10H21I2NO2. The van der Waals surface area contributed by atoms with Crippen molar-refractivity contribution in [2.75, 3.05) is 15.9 Å². The number of rotatable bonds is 5. The Bertz CT molecular complexity index is 190. The van der Waals surface area contributed by atoms with Gasteiger partial charge in [-0.05, 0) is 0 Å². The minimum atomic E-state index is -0.595. The van der Waals surface area contributed by atoms with Gasteiger partial charge >= 0.3 is 111 Å². The first-order valence-electron chi connectivity index (χ1n) is 5.00. The average molecular weight is 441 g/mol. The number of hydrogen-bond donors (Lipinski definition) is 1. The SMILES string of the molecule is CI(I)CCCCNC(=O)OC(C)(C)C. The fraction of sp³-hybridized carbons (Fsp3) is 0.900. The molecular weight excluding hydrogens is 420 g/mol. The summed E-state index contributed by atoms with van der Waals surface area (Å²) in [7, 11) is 0. The number of ether oxygens (including phenoxy) is 1. The number of amides is 1. The van der Waals surface area contributed by atoms with Crippen LogP contribution in [0.5, 0.6) is 0 Å². The van der Waals surface area contributed by atoms with Gasteiger partial charge < -0.3 is 0 Å². The average Bonchev–Trinajstić information content (AvgIpc) is 1.99. The maximum atomic E-state index is 11.2. The molecule has 3 nitrogen and oxygen atoms in total. The van der Waals surface area contributed by atoms with Crippen LogP contribution >= 0.6 is 34.5 Å². The summed E-state index contributed by atoms with van der Waals surface area (Å²) >= 11 is 1.98. The molecule has 0 saturated heterocycles. The molecule has 0 saturated carbocycles. The second-order valence-electron chi connectivity index (χ2n) is 4.34. The number of carbonyl (C=O) groups excluding carboxylic acids is 1. The van der Waals surface area contributed by atoms with E-state index in [1.807, 2.05) is 20.8 Å². The van der Waals surface area contributed by atoms with Gasteiger partial charge in [0.2, 0.25) is 0 Å².